The molecule has 2 heterocycles. The largest absolute Gasteiger partial charge is 0.261 e. The molecule has 0 amide bonds. The van der Waals surface area contributed by atoms with Gasteiger partial charge >= 0.3 is 0 Å². The Morgan fingerprint density at radius 3 is 2.54 bits per heavy atom. The van der Waals surface area contributed by atoms with Crippen molar-refractivity contribution in [1.82, 2.24) is 15.0 Å². The summed E-state index contributed by atoms with van der Waals surface area (Å²) in [5.41, 5.74) is 0.584. The van der Waals surface area contributed by atoms with Crippen molar-refractivity contribution >= 4 is 0 Å². The lowest BCUT2D eigenvalue weighted by atomic mass is 10.2. The highest BCUT2D eigenvalue weighted by molar-refractivity contribution is 5.52. The van der Waals surface area contributed by atoms with Crippen molar-refractivity contribution in [3.63, 3.8) is 0 Å². The van der Waals surface area contributed by atoms with Crippen LogP contribution in [0.5, 0.6) is 0 Å². The van der Waals surface area contributed by atoms with Crippen molar-refractivity contribution in [3.8, 4) is 11.4 Å². The molecule has 0 unspecified atom stereocenters. The van der Waals surface area contributed by atoms with Gasteiger partial charge in [0.15, 0.2) is 5.82 Å². The Balaban J connectivity index is 2.48. The lowest BCUT2D eigenvalue weighted by Crippen LogP contribution is -1.88. The minimum absolute atomic E-state index is 0.384. The van der Waals surface area contributed by atoms with Crippen LogP contribution in [0.2, 0.25) is 0 Å². The zero-order valence-corrected chi connectivity index (χ0v) is 6.68. The summed E-state index contributed by atoms with van der Waals surface area (Å²) >= 11 is 0. The Labute approximate surface area is 74.3 Å². The highest BCUT2D eigenvalue weighted by Crippen LogP contribution is 2.12. The molecule has 2 rings (SSSR count). The molecule has 0 N–H and O–H groups in total. The molecular weight excluding hydrogens is 169 g/mol. The van der Waals surface area contributed by atoms with Crippen LogP contribution in [-0.4, -0.2) is 15.0 Å². The van der Waals surface area contributed by atoms with Crippen molar-refractivity contribution in [2.75, 3.05) is 0 Å². The van der Waals surface area contributed by atoms with E-state index in [0.29, 0.717) is 11.4 Å². The minimum Gasteiger partial charge on any atom is -0.261 e. The second kappa shape index (κ2) is 3.26. The van der Waals surface area contributed by atoms with Gasteiger partial charge in [0.25, 0.3) is 0 Å². The van der Waals surface area contributed by atoms with E-state index < -0.39 is 0 Å². The molecule has 0 spiro atoms. The number of nitrogens with zero attached hydrogens (tertiary/aromatic N) is 3. The Morgan fingerprint density at radius 1 is 1.08 bits per heavy atom. The van der Waals surface area contributed by atoms with Gasteiger partial charge in [-0.25, -0.2) is 14.4 Å². The summed E-state index contributed by atoms with van der Waals surface area (Å²) in [6.45, 7) is 0. The van der Waals surface area contributed by atoms with Crippen LogP contribution in [0.15, 0.2) is 36.9 Å². The van der Waals surface area contributed by atoms with Gasteiger partial charge in [-0.05, 0) is 12.1 Å². The Hall–Kier alpha value is -1.84. The van der Waals surface area contributed by atoms with Crippen LogP contribution in [0.1, 0.15) is 0 Å². The summed E-state index contributed by atoms with van der Waals surface area (Å²) in [6.07, 6.45) is 5.88. The minimum atomic E-state index is -0.384. The maximum atomic E-state index is 12.7. The second-order valence-corrected chi connectivity index (χ2v) is 2.46. The molecule has 2 aromatic heterocycles. The van der Waals surface area contributed by atoms with E-state index in [1.54, 1.807) is 18.5 Å². The predicted octanol–water partition coefficient (Wildman–Crippen LogP) is 1.68. The fraction of sp³-hybridized carbons (Fsp3) is 0. The van der Waals surface area contributed by atoms with Crippen LogP contribution in [0.3, 0.4) is 0 Å². The van der Waals surface area contributed by atoms with Gasteiger partial charge in [-0.15, -0.1) is 0 Å². The molecule has 0 bridgehead atoms. The average molecular weight is 175 g/mol. The van der Waals surface area contributed by atoms with Crippen molar-refractivity contribution in [3.05, 3.63) is 42.7 Å². The van der Waals surface area contributed by atoms with Gasteiger partial charge in [0, 0.05) is 24.2 Å². The third-order valence-corrected chi connectivity index (χ3v) is 1.53. The van der Waals surface area contributed by atoms with Gasteiger partial charge in [0.1, 0.15) is 5.82 Å². The van der Waals surface area contributed by atoms with Crippen molar-refractivity contribution < 1.29 is 4.39 Å². The molecule has 0 atom stereocenters. The van der Waals surface area contributed by atoms with Crippen LogP contribution in [-0.2, 0) is 0 Å². The Kier molecular flexibility index (Phi) is 1.96. The fourth-order valence-electron chi connectivity index (χ4n) is 0.982. The molecule has 0 aliphatic heterocycles. The van der Waals surface area contributed by atoms with E-state index in [9.17, 15) is 4.39 Å². The van der Waals surface area contributed by atoms with E-state index >= 15 is 0 Å². The maximum absolute atomic E-state index is 12.7. The fourth-order valence-corrected chi connectivity index (χ4v) is 0.982. The van der Waals surface area contributed by atoms with Gasteiger partial charge in [-0.1, -0.05) is 0 Å². The number of hydrogen-bond donors (Lipinski definition) is 0. The average Bonchev–Trinajstić information content (AvgIpc) is 2.19. The molecule has 4 heteroatoms. The van der Waals surface area contributed by atoms with E-state index in [4.69, 9.17) is 0 Å². The topological polar surface area (TPSA) is 38.7 Å². The van der Waals surface area contributed by atoms with E-state index in [1.165, 1.54) is 12.3 Å². The zero-order chi connectivity index (χ0) is 9.10. The summed E-state index contributed by atoms with van der Waals surface area (Å²) in [7, 11) is 0. The lowest BCUT2D eigenvalue weighted by molar-refractivity contribution is 0.622. The van der Waals surface area contributed by atoms with Crippen molar-refractivity contribution in [1.29, 1.82) is 0 Å². The van der Waals surface area contributed by atoms with Crippen molar-refractivity contribution in [2.45, 2.75) is 0 Å². The van der Waals surface area contributed by atoms with Gasteiger partial charge in [0.05, 0.1) is 6.20 Å². The third-order valence-electron chi connectivity index (χ3n) is 1.53. The molecule has 0 saturated carbocycles. The molecule has 0 aromatic carbocycles. The quantitative estimate of drug-likeness (QED) is 0.661. The molecule has 0 radical (unpaired) electrons. The van der Waals surface area contributed by atoms with E-state index in [0.717, 1.165) is 6.20 Å². The third kappa shape index (κ3) is 1.66. The maximum Gasteiger partial charge on any atom is 0.160 e. The standard InChI is InChI=1S/C9H6FN3/c10-8-4-7(5-11-6-8)9-12-2-1-3-13-9/h1-6H. The molecule has 2 aromatic rings. The van der Waals surface area contributed by atoms with Gasteiger partial charge in [-0.2, -0.15) is 0 Å². The van der Waals surface area contributed by atoms with Gasteiger partial charge in [-0.3, -0.25) is 4.98 Å². The first-order valence-electron chi connectivity index (χ1n) is 3.74. The summed E-state index contributed by atoms with van der Waals surface area (Å²) in [5.74, 6) is 0.0967. The van der Waals surface area contributed by atoms with E-state index in [2.05, 4.69) is 15.0 Å². The van der Waals surface area contributed by atoms with Crippen LogP contribution in [0, 0.1) is 5.82 Å². The zero-order valence-electron chi connectivity index (χ0n) is 6.68. The molecular formula is C9H6FN3. The van der Waals surface area contributed by atoms with E-state index in [-0.39, 0.29) is 5.82 Å². The number of pyridine rings is 1. The van der Waals surface area contributed by atoms with Gasteiger partial charge in [0.2, 0.25) is 0 Å². The first kappa shape index (κ1) is 7.79. The van der Waals surface area contributed by atoms with Crippen LogP contribution in [0.25, 0.3) is 11.4 Å². The second-order valence-electron chi connectivity index (χ2n) is 2.46. The molecule has 0 aliphatic carbocycles. The molecule has 0 fully saturated rings. The summed E-state index contributed by atoms with van der Waals surface area (Å²) in [5, 5.41) is 0. The normalized spacial score (nSPS) is 9.92. The summed E-state index contributed by atoms with van der Waals surface area (Å²) in [6, 6.07) is 3.05. The molecule has 13 heavy (non-hydrogen) atoms. The van der Waals surface area contributed by atoms with Crippen LogP contribution < -0.4 is 0 Å². The van der Waals surface area contributed by atoms with E-state index in [1.807, 2.05) is 0 Å². The first-order valence-corrected chi connectivity index (χ1v) is 3.74. The molecule has 64 valence electrons. The lowest BCUT2D eigenvalue weighted by Gasteiger charge is -1.96. The molecule has 0 saturated heterocycles. The number of halogens is 1. The van der Waals surface area contributed by atoms with Crippen LogP contribution in [0.4, 0.5) is 4.39 Å². The first-order chi connectivity index (χ1) is 6.36. The summed E-state index contributed by atoms with van der Waals surface area (Å²) < 4.78 is 12.7. The number of aromatic nitrogens is 3. The SMILES string of the molecule is Fc1cncc(-c2ncccn2)c1. The van der Waals surface area contributed by atoms with Gasteiger partial charge < -0.3 is 0 Å². The number of hydrogen-bond acceptors (Lipinski definition) is 3. The Morgan fingerprint density at radius 2 is 1.85 bits per heavy atom. The predicted molar refractivity (Wildman–Crippen MR) is 45.2 cm³/mol. The molecule has 3 nitrogen and oxygen atoms in total. The highest BCUT2D eigenvalue weighted by Gasteiger charge is 2.00. The highest BCUT2D eigenvalue weighted by atomic mass is 19.1. The Bertz CT molecular complexity index is 403. The monoisotopic (exact) mass is 175 g/mol. The van der Waals surface area contributed by atoms with Crippen LogP contribution >= 0.6 is 0 Å². The van der Waals surface area contributed by atoms with Crippen molar-refractivity contribution in [2.24, 2.45) is 0 Å². The number of rotatable bonds is 1. The summed E-state index contributed by atoms with van der Waals surface area (Å²) in [4.78, 5) is 11.7. The smallest absolute Gasteiger partial charge is 0.160 e. The molecule has 0 aliphatic rings.